The van der Waals surface area contributed by atoms with Gasteiger partial charge in [0, 0.05) is 4.88 Å². The quantitative estimate of drug-likeness (QED) is 0.729. The van der Waals surface area contributed by atoms with Crippen molar-refractivity contribution in [2.24, 2.45) is 0 Å². The zero-order chi connectivity index (χ0) is 15.4. The summed E-state index contributed by atoms with van der Waals surface area (Å²) < 4.78 is 5.37. The van der Waals surface area contributed by atoms with Crippen molar-refractivity contribution < 1.29 is 14.3 Å². The molecule has 1 amide bonds. The van der Waals surface area contributed by atoms with Gasteiger partial charge < -0.3 is 14.8 Å². The van der Waals surface area contributed by atoms with E-state index in [1.165, 1.54) is 17.6 Å². The number of carbonyl (C=O) groups is 1. The van der Waals surface area contributed by atoms with E-state index in [4.69, 9.17) is 4.42 Å². The van der Waals surface area contributed by atoms with E-state index in [9.17, 15) is 9.90 Å². The van der Waals surface area contributed by atoms with Crippen LogP contribution in [0.25, 0.3) is 0 Å². The molecule has 22 heavy (non-hydrogen) atoms. The second-order valence-electron chi connectivity index (χ2n) is 4.90. The van der Waals surface area contributed by atoms with Crippen LogP contribution in [0.4, 0.5) is 0 Å². The Morgan fingerprint density at radius 3 is 2.82 bits per heavy atom. The zero-order valence-corrected chi connectivity index (χ0v) is 13.3. The summed E-state index contributed by atoms with van der Waals surface area (Å²) in [5.41, 5.74) is -0.373. The van der Waals surface area contributed by atoms with E-state index < -0.39 is 5.60 Å². The first-order chi connectivity index (χ1) is 10.7. The van der Waals surface area contributed by atoms with Crippen molar-refractivity contribution in [1.82, 2.24) is 5.32 Å². The molecule has 0 radical (unpaired) electrons. The van der Waals surface area contributed by atoms with E-state index in [0.717, 1.165) is 10.4 Å². The number of hydrogen-bond acceptors (Lipinski definition) is 5. The third-order valence-corrected chi connectivity index (χ3v) is 5.10. The minimum absolute atomic E-state index is 0.0734. The van der Waals surface area contributed by atoms with Gasteiger partial charge >= 0.3 is 0 Å². The molecule has 1 atom stereocenters. The first-order valence-electron chi connectivity index (χ1n) is 6.76. The summed E-state index contributed by atoms with van der Waals surface area (Å²) in [6.07, 6.45) is 1.82. The van der Waals surface area contributed by atoms with Gasteiger partial charge in [0.05, 0.1) is 19.2 Å². The molecule has 3 aromatic rings. The Morgan fingerprint density at radius 2 is 2.18 bits per heavy atom. The number of amides is 1. The lowest BCUT2D eigenvalue weighted by molar-refractivity contribution is -0.121. The Bertz CT molecular complexity index is 669. The third kappa shape index (κ3) is 3.14. The predicted octanol–water partition coefficient (Wildman–Crippen LogP) is 3.00. The Balaban J connectivity index is 1.73. The molecule has 0 aliphatic rings. The standard InChI is InChI=1S/C16H15NO3S2/c18-15(9-12-5-8-21-10-12)17-11-16(19,13-3-1-6-20-13)14-4-2-7-22-14/h1-8,10,19H,9,11H2,(H,17,18). The molecule has 0 fully saturated rings. The van der Waals surface area contributed by atoms with Gasteiger partial charge in [-0.1, -0.05) is 6.07 Å². The SMILES string of the molecule is O=C(Cc1ccsc1)NCC(O)(c1ccco1)c1cccs1. The molecular weight excluding hydrogens is 318 g/mol. The fraction of sp³-hybridized carbons (Fsp3) is 0.188. The molecule has 0 aliphatic carbocycles. The summed E-state index contributed by atoms with van der Waals surface area (Å²) >= 11 is 2.98. The Kier molecular flexibility index (Phi) is 4.42. The average molecular weight is 333 g/mol. The smallest absolute Gasteiger partial charge is 0.224 e. The van der Waals surface area contributed by atoms with Gasteiger partial charge in [-0.3, -0.25) is 4.79 Å². The largest absolute Gasteiger partial charge is 0.466 e. The summed E-state index contributed by atoms with van der Waals surface area (Å²) in [4.78, 5) is 12.8. The molecule has 114 valence electrons. The number of carbonyl (C=O) groups excluding carboxylic acids is 1. The summed E-state index contributed by atoms with van der Waals surface area (Å²) in [6.45, 7) is 0.0734. The van der Waals surface area contributed by atoms with Crippen LogP contribution in [0.5, 0.6) is 0 Å². The van der Waals surface area contributed by atoms with Gasteiger partial charge in [0.1, 0.15) is 5.76 Å². The molecule has 3 heterocycles. The summed E-state index contributed by atoms with van der Waals surface area (Å²) in [7, 11) is 0. The fourth-order valence-electron chi connectivity index (χ4n) is 2.19. The predicted molar refractivity (Wildman–Crippen MR) is 87.1 cm³/mol. The lowest BCUT2D eigenvalue weighted by atomic mass is 9.98. The highest BCUT2D eigenvalue weighted by atomic mass is 32.1. The number of thiophene rings is 2. The van der Waals surface area contributed by atoms with Gasteiger partial charge in [0.2, 0.25) is 5.91 Å². The Labute approximate surface area is 136 Å². The second kappa shape index (κ2) is 6.48. The Hall–Kier alpha value is -1.89. The van der Waals surface area contributed by atoms with Crippen molar-refractivity contribution in [2.45, 2.75) is 12.0 Å². The maximum atomic E-state index is 12.1. The topological polar surface area (TPSA) is 62.5 Å². The second-order valence-corrected chi connectivity index (χ2v) is 6.63. The number of aliphatic hydroxyl groups is 1. The van der Waals surface area contributed by atoms with Crippen molar-refractivity contribution >= 4 is 28.6 Å². The van der Waals surface area contributed by atoms with Crippen LogP contribution in [0, 0.1) is 0 Å². The van der Waals surface area contributed by atoms with E-state index >= 15 is 0 Å². The Morgan fingerprint density at radius 1 is 1.27 bits per heavy atom. The summed E-state index contributed by atoms with van der Waals surface area (Å²) in [6, 6.07) is 9.05. The molecule has 3 aromatic heterocycles. The van der Waals surface area contributed by atoms with Crippen LogP contribution in [0.1, 0.15) is 16.2 Å². The van der Waals surface area contributed by atoms with Crippen LogP contribution < -0.4 is 5.32 Å². The molecule has 4 nitrogen and oxygen atoms in total. The number of nitrogens with one attached hydrogen (secondary N) is 1. The molecule has 3 rings (SSSR count). The van der Waals surface area contributed by atoms with Crippen LogP contribution in [0.2, 0.25) is 0 Å². The monoisotopic (exact) mass is 333 g/mol. The van der Waals surface area contributed by atoms with Crippen molar-refractivity contribution in [3.05, 3.63) is 68.9 Å². The highest BCUT2D eigenvalue weighted by molar-refractivity contribution is 7.10. The molecule has 2 N–H and O–H groups in total. The van der Waals surface area contributed by atoms with Crippen molar-refractivity contribution in [3.8, 4) is 0 Å². The molecule has 6 heteroatoms. The van der Waals surface area contributed by atoms with E-state index in [1.54, 1.807) is 23.5 Å². The molecule has 0 aliphatic heterocycles. The average Bonchev–Trinajstić information content (AvgIpc) is 3.26. The van der Waals surface area contributed by atoms with Gasteiger partial charge in [-0.2, -0.15) is 11.3 Å². The highest BCUT2D eigenvalue weighted by Crippen LogP contribution is 2.32. The molecule has 0 spiro atoms. The van der Waals surface area contributed by atoms with Crippen LogP contribution >= 0.6 is 22.7 Å². The van der Waals surface area contributed by atoms with Crippen molar-refractivity contribution in [3.63, 3.8) is 0 Å². The molecule has 0 saturated heterocycles. The molecule has 1 unspecified atom stereocenters. The van der Waals surface area contributed by atoms with Crippen LogP contribution in [-0.2, 0) is 16.8 Å². The van der Waals surface area contributed by atoms with Gasteiger partial charge in [0.15, 0.2) is 5.60 Å². The van der Waals surface area contributed by atoms with Crippen LogP contribution in [0.3, 0.4) is 0 Å². The van der Waals surface area contributed by atoms with Crippen molar-refractivity contribution in [2.75, 3.05) is 6.54 Å². The fourth-order valence-corrected chi connectivity index (χ4v) is 3.69. The van der Waals surface area contributed by atoms with Gasteiger partial charge in [-0.15, -0.1) is 11.3 Å². The van der Waals surface area contributed by atoms with Gasteiger partial charge in [-0.25, -0.2) is 0 Å². The third-order valence-electron chi connectivity index (χ3n) is 3.34. The summed E-state index contributed by atoms with van der Waals surface area (Å²) in [5, 5.41) is 19.6. The zero-order valence-electron chi connectivity index (χ0n) is 11.7. The number of furan rings is 1. The molecule has 0 aromatic carbocycles. The number of rotatable bonds is 6. The molecular formula is C16H15NO3S2. The first kappa shape index (κ1) is 15.0. The minimum Gasteiger partial charge on any atom is -0.466 e. The van der Waals surface area contributed by atoms with Gasteiger partial charge in [-0.05, 0) is 46.0 Å². The van der Waals surface area contributed by atoms with E-state index in [0.29, 0.717) is 12.2 Å². The molecule has 0 bridgehead atoms. The normalized spacial score (nSPS) is 13.7. The maximum Gasteiger partial charge on any atom is 0.224 e. The highest BCUT2D eigenvalue weighted by Gasteiger charge is 2.36. The number of hydrogen-bond donors (Lipinski definition) is 2. The van der Waals surface area contributed by atoms with Gasteiger partial charge in [0.25, 0.3) is 0 Å². The lowest BCUT2D eigenvalue weighted by Crippen LogP contribution is -2.41. The maximum absolute atomic E-state index is 12.1. The minimum atomic E-state index is -1.35. The van der Waals surface area contributed by atoms with Crippen LogP contribution in [0.15, 0.2) is 57.2 Å². The lowest BCUT2D eigenvalue weighted by Gasteiger charge is -2.25. The first-order valence-corrected chi connectivity index (χ1v) is 8.59. The van der Waals surface area contributed by atoms with E-state index in [2.05, 4.69) is 5.32 Å². The molecule has 0 saturated carbocycles. The van der Waals surface area contributed by atoms with E-state index in [1.807, 2.05) is 34.3 Å². The van der Waals surface area contributed by atoms with E-state index in [-0.39, 0.29) is 12.5 Å². The van der Waals surface area contributed by atoms with Crippen LogP contribution in [-0.4, -0.2) is 17.6 Å². The van der Waals surface area contributed by atoms with Crippen molar-refractivity contribution in [1.29, 1.82) is 0 Å². The summed E-state index contributed by atoms with van der Waals surface area (Å²) in [5.74, 6) is 0.297.